The Morgan fingerprint density at radius 2 is 2.10 bits per heavy atom. The molecule has 0 saturated heterocycles. The smallest absolute Gasteiger partial charge is 0.146 e. The maximum absolute atomic E-state index is 4.70. The van der Waals surface area contributed by atoms with Gasteiger partial charge in [-0.15, -0.1) is 11.3 Å². The van der Waals surface area contributed by atoms with Crippen molar-refractivity contribution in [2.45, 2.75) is 39.7 Å². The first-order chi connectivity index (χ1) is 9.74. The molecule has 2 heterocycles. The maximum atomic E-state index is 4.70. The zero-order chi connectivity index (χ0) is 14.4. The van der Waals surface area contributed by atoms with Gasteiger partial charge in [-0.05, 0) is 37.9 Å². The SMILES string of the molecule is CCCCN(C)Cc1nc(NCCC)c2ccsc2n1. The van der Waals surface area contributed by atoms with E-state index in [9.17, 15) is 0 Å². The fourth-order valence-corrected chi connectivity index (χ4v) is 2.88. The van der Waals surface area contributed by atoms with Gasteiger partial charge in [0.05, 0.1) is 11.9 Å². The Kier molecular flexibility index (Phi) is 5.73. The maximum Gasteiger partial charge on any atom is 0.146 e. The summed E-state index contributed by atoms with van der Waals surface area (Å²) in [5.41, 5.74) is 0. The van der Waals surface area contributed by atoms with Crippen molar-refractivity contribution in [3.05, 3.63) is 17.3 Å². The monoisotopic (exact) mass is 292 g/mol. The van der Waals surface area contributed by atoms with Gasteiger partial charge in [-0.25, -0.2) is 9.97 Å². The van der Waals surface area contributed by atoms with Crippen molar-refractivity contribution in [3.8, 4) is 0 Å². The van der Waals surface area contributed by atoms with Gasteiger partial charge in [-0.3, -0.25) is 4.90 Å². The highest BCUT2D eigenvalue weighted by atomic mass is 32.1. The Balaban J connectivity index is 2.16. The number of nitrogens with zero attached hydrogens (tertiary/aromatic N) is 3. The van der Waals surface area contributed by atoms with E-state index in [2.05, 4.69) is 47.5 Å². The van der Waals surface area contributed by atoms with Crippen LogP contribution in [0.4, 0.5) is 5.82 Å². The average Bonchev–Trinajstić information content (AvgIpc) is 2.90. The minimum Gasteiger partial charge on any atom is -0.369 e. The van der Waals surface area contributed by atoms with Crippen molar-refractivity contribution in [1.82, 2.24) is 14.9 Å². The van der Waals surface area contributed by atoms with Crippen LogP contribution >= 0.6 is 11.3 Å². The molecule has 1 N–H and O–H groups in total. The van der Waals surface area contributed by atoms with Gasteiger partial charge in [0.15, 0.2) is 0 Å². The molecule has 0 aromatic carbocycles. The van der Waals surface area contributed by atoms with E-state index in [0.717, 1.165) is 47.9 Å². The van der Waals surface area contributed by atoms with Gasteiger partial charge in [0.1, 0.15) is 16.5 Å². The van der Waals surface area contributed by atoms with E-state index in [-0.39, 0.29) is 0 Å². The zero-order valence-electron chi connectivity index (χ0n) is 12.6. The number of aromatic nitrogens is 2. The highest BCUT2D eigenvalue weighted by Gasteiger charge is 2.10. The third-order valence-corrected chi connectivity index (χ3v) is 4.03. The minimum absolute atomic E-state index is 0.814. The predicted octanol–water partition coefficient (Wildman–Crippen LogP) is 3.75. The number of fused-ring (bicyclic) bond motifs is 1. The number of hydrogen-bond donors (Lipinski definition) is 1. The summed E-state index contributed by atoms with van der Waals surface area (Å²) in [5, 5.41) is 6.64. The van der Waals surface area contributed by atoms with Gasteiger partial charge in [-0.1, -0.05) is 20.3 Å². The van der Waals surface area contributed by atoms with Crippen LogP contribution in [-0.4, -0.2) is 35.0 Å². The van der Waals surface area contributed by atoms with E-state index < -0.39 is 0 Å². The molecule has 2 aromatic rings. The number of unbranched alkanes of at least 4 members (excludes halogenated alkanes) is 1. The van der Waals surface area contributed by atoms with Crippen molar-refractivity contribution < 1.29 is 0 Å². The molecule has 2 aromatic heterocycles. The van der Waals surface area contributed by atoms with Crippen LogP contribution in [-0.2, 0) is 6.54 Å². The Bertz CT molecular complexity index is 538. The van der Waals surface area contributed by atoms with Gasteiger partial charge >= 0.3 is 0 Å². The van der Waals surface area contributed by atoms with E-state index in [1.54, 1.807) is 11.3 Å². The summed E-state index contributed by atoms with van der Waals surface area (Å²) in [6.07, 6.45) is 3.54. The summed E-state index contributed by atoms with van der Waals surface area (Å²) in [5.74, 6) is 1.90. The number of hydrogen-bond acceptors (Lipinski definition) is 5. The van der Waals surface area contributed by atoms with Crippen molar-refractivity contribution in [2.24, 2.45) is 0 Å². The van der Waals surface area contributed by atoms with E-state index in [1.807, 2.05) is 0 Å². The zero-order valence-corrected chi connectivity index (χ0v) is 13.5. The Morgan fingerprint density at radius 3 is 2.85 bits per heavy atom. The molecule has 0 unspecified atom stereocenters. The first kappa shape index (κ1) is 15.2. The van der Waals surface area contributed by atoms with E-state index in [1.165, 1.54) is 12.8 Å². The quantitative estimate of drug-likeness (QED) is 0.804. The molecule has 4 nitrogen and oxygen atoms in total. The summed E-state index contributed by atoms with van der Waals surface area (Å²) in [6, 6.07) is 2.10. The third-order valence-electron chi connectivity index (χ3n) is 3.22. The second kappa shape index (κ2) is 7.55. The van der Waals surface area contributed by atoms with Crippen molar-refractivity contribution in [2.75, 3.05) is 25.5 Å². The summed E-state index contributed by atoms with van der Waals surface area (Å²) < 4.78 is 0. The summed E-state index contributed by atoms with van der Waals surface area (Å²) >= 11 is 1.68. The second-order valence-electron chi connectivity index (χ2n) is 5.15. The molecular formula is C15H24N4S. The molecule has 0 aliphatic carbocycles. The van der Waals surface area contributed by atoms with E-state index in [4.69, 9.17) is 4.98 Å². The lowest BCUT2D eigenvalue weighted by atomic mass is 10.3. The second-order valence-corrected chi connectivity index (χ2v) is 6.04. The first-order valence-electron chi connectivity index (χ1n) is 7.41. The lowest BCUT2D eigenvalue weighted by molar-refractivity contribution is 0.313. The molecule has 0 atom stereocenters. The molecule has 0 aliphatic heterocycles. The molecule has 20 heavy (non-hydrogen) atoms. The van der Waals surface area contributed by atoms with Crippen LogP contribution in [0.25, 0.3) is 10.2 Å². The van der Waals surface area contributed by atoms with E-state index >= 15 is 0 Å². The molecule has 110 valence electrons. The van der Waals surface area contributed by atoms with Crippen molar-refractivity contribution in [1.29, 1.82) is 0 Å². The number of nitrogens with one attached hydrogen (secondary N) is 1. The fraction of sp³-hybridized carbons (Fsp3) is 0.600. The lowest BCUT2D eigenvalue weighted by Crippen LogP contribution is -2.20. The minimum atomic E-state index is 0.814. The predicted molar refractivity (Wildman–Crippen MR) is 87.4 cm³/mol. The standard InChI is InChI=1S/C15H24N4S/c1-4-6-9-19(3)11-13-17-14(16-8-5-2)12-7-10-20-15(12)18-13/h7,10H,4-6,8-9,11H2,1-3H3,(H,16,17,18). The van der Waals surface area contributed by atoms with Crippen LogP contribution in [0.1, 0.15) is 38.9 Å². The Morgan fingerprint density at radius 1 is 1.25 bits per heavy atom. The highest BCUT2D eigenvalue weighted by Crippen LogP contribution is 2.25. The Labute approximate surface area is 125 Å². The largest absolute Gasteiger partial charge is 0.369 e. The lowest BCUT2D eigenvalue weighted by Gasteiger charge is -2.16. The normalized spacial score (nSPS) is 11.4. The first-order valence-corrected chi connectivity index (χ1v) is 8.29. The van der Waals surface area contributed by atoms with Gasteiger partial charge < -0.3 is 5.32 Å². The number of rotatable bonds is 8. The molecule has 0 aliphatic rings. The molecule has 0 bridgehead atoms. The molecule has 0 radical (unpaired) electrons. The summed E-state index contributed by atoms with van der Waals surface area (Å²) in [7, 11) is 2.14. The van der Waals surface area contributed by atoms with Crippen LogP contribution in [0.15, 0.2) is 11.4 Å². The van der Waals surface area contributed by atoms with Crippen LogP contribution in [0, 0.1) is 0 Å². The van der Waals surface area contributed by atoms with Crippen LogP contribution < -0.4 is 5.32 Å². The summed E-state index contributed by atoms with van der Waals surface area (Å²) in [4.78, 5) is 12.8. The van der Waals surface area contributed by atoms with Crippen LogP contribution in [0.3, 0.4) is 0 Å². The highest BCUT2D eigenvalue weighted by molar-refractivity contribution is 7.16. The summed E-state index contributed by atoms with van der Waals surface area (Å²) in [6.45, 7) is 7.25. The van der Waals surface area contributed by atoms with Gasteiger partial charge in [0, 0.05) is 6.54 Å². The average molecular weight is 292 g/mol. The van der Waals surface area contributed by atoms with Gasteiger partial charge in [-0.2, -0.15) is 0 Å². The Hall–Kier alpha value is -1.20. The molecule has 2 rings (SSSR count). The fourth-order valence-electron chi connectivity index (χ4n) is 2.10. The van der Waals surface area contributed by atoms with Gasteiger partial charge in [0.25, 0.3) is 0 Å². The molecule has 0 saturated carbocycles. The molecule has 0 amide bonds. The topological polar surface area (TPSA) is 41.1 Å². The van der Waals surface area contributed by atoms with Gasteiger partial charge in [0.2, 0.25) is 0 Å². The molecule has 0 spiro atoms. The number of thiophene rings is 1. The van der Waals surface area contributed by atoms with E-state index in [0.29, 0.717) is 0 Å². The number of anilines is 1. The van der Waals surface area contributed by atoms with Crippen LogP contribution in [0.5, 0.6) is 0 Å². The molecule has 0 fully saturated rings. The van der Waals surface area contributed by atoms with Crippen LogP contribution in [0.2, 0.25) is 0 Å². The third kappa shape index (κ3) is 3.90. The molecular weight excluding hydrogens is 268 g/mol. The van der Waals surface area contributed by atoms with Crippen molar-refractivity contribution >= 4 is 27.4 Å². The molecule has 5 heteroatoms. The van der Waals surface area contributed by atoms with Crippen molar-refractivity contribution in [3.63, 3.8) is 0 Å².